The molecule has 0 spiro atoms. The highest BCUT2D eigenvalue weighted by Crippen LogP contribution is 2.24. The number of unbranched alkanes of at least 4 members (excludes halogenated alkanes) is 2. The maximum absolute atomic E-state index is 13.8. The zero-order valence-corrected chi connectivity index (χ0v) is 24.6. The maximum Gasteiger partial charge on any atom is 0.408 e. The molecule has 0 radical (unpaired) electrons. The van der Waals surface area contributed by atoms with Crippen molar-refractivity contribution in [1.29, 1.82) is 0 Å². The Hall–Kier alpha value is -2.75. The smallest absolute Gasteiger partial charge is 0.408 e. The van der Waals surface area contributed by atoms with E-state index in [0.717, 1.165) is 24.8 Å². The molecule has 2 N–H and O–H groups in total. The highest BCUT2D eigenvalue weighted by Gasteiger charge is 2.35. The normalized spacial score (nSPS) is 12.7. The van der Waals surface area contributed by atoms with Crippen LogP contribution in [0.15, 0.2) is 24.3 Å². The van der Waals surface area contributed by atoms with Crippen molar-refractivity contribution >= 4 is 36.5 Å². The second kappa shape index (κ2) is 17.0. The largest absolute Gasteiger partial charge is 0.466 e. The lowest BCUT2D eigenvalue weighted by Gasteiger charge is -2.34. The topological polar surface area (TPSA) is 114 Å². The number of carbonyl (C=O) groups excluding carboxylic acids is 4. The first-order chi connectivity index (χ1) is 18.0. The SMILES string of the molecule is CCCCCN(C(=O)C(CS)NC(=O)OC(C)(C)C)C(C(=O)NCCC(=O)OCC)c1ccc(CC)cc1. The first kappa shape index (κ1) is 33.3. The number of nitrogens with one attached hydrogen (secondary N) is 2. The van der Waals surface area contributed by atoms with Crippen LogP contribution in [0.1, 0.15) is 84.4 Å². The molecule has 2 unspecified atom stereocenters. The summed E-state index contributed by atoms with van der Waals surface area (Å²) in [6, 6.07) is 5.57. The monoisotopic (exact) mass is 551 g/mol. The Labute approximate surface area is 232 Å². The lowest BCUT2D eigenvalue weighted by molar-refractivity contribution is -0.144. The highest BCUT2D eigenvalue weighted by molar-refractivity contribution is 7.80. The van der Waals surface area contributed by atoms with Gasteiger partial charge in [-0.15, -0.1) is 0 Å². The lowest BCUT2D eigenvalue weighted by atomic mass is 10.00. The number of benzene rings is 1. The third-order valence-corrected chi connectivity index (χ3v) is 6.02. The molecule has 10 heteroatoms. The standard InChI is InChI=1S/C28H45N3O6S/c1-7-10-11-18-31(26(34)22(19-38)30-27(35)37-28(4,5)6)24(21-14-12-20(8-2)13-15-21)25(33)29-17-16-23(32)36-9-3/h12-15,22,24,38H,7-11,16-19H2,1-6H3,(H,29,33)(H,30,35). The number of ether oxygens (including phenoxy) is 2. The van der Waals surface area contributed by atoms with Crippen LogP contribution < -0.4 is 10.6 Å². The third-order valence-electron chi connectivity index (χ3n) is 5.65. The molecule has 0 saturated carbocycles. The van der Waals surface area contributed by atoms with Crippen molar-refractivity contribution in [3.8, 4) is 0 Å². The third kappa shape index (κ3) is 11.8. The molecule has 0 bridgehead atoms. The van der Waals surface area contributed by atoms with E-state index in [9.17, 15) is 19.2 Å². The molecule has 1 aromatic rings. The van der Waals surface area contributed by atoms with Gasteiger partial charge in [-0.05, 0) is 51.7 Å². The van der Waals surface area contributed by atoms with E-state index in [0.29, 0.717) is 18.5 Å². The zero-order valence-electron chi connectivity index (χ0n) is 23.7. The van der Waals surface area contributed by atoms with E-state index in [1.54, 1.807) is 27.7 Å². The summed E-state index contributed by atoms with van der Waals surface area (Å²) in [6.07, 6.45) is 2.58. The van der Waals surface area contributed by atoms with Gasteiger partial charge >= 0.3 is 12.1 Å². The molecule has 0 aromatic heterocycles. The minimum Gasteiger partial charge on any atom is -0.466 e. The maximum atomic E-state index is 13.8. The minimum atomic E-state index is -1.00. The highest BCUT2D eigenvalue weighted by atomic mass is 32.1. The number of amides is 3. The van der Waals surface area contributed by atoms with Crippen LogP contribution in [-0.4, -0.2) is 65.9 Å². The number of hydrogen-bond donors (Lipinski definition) is 3. The molecule has 0 aliphatic carbocycles. The molecule has 38 heavy (non-hydrogen) atoms. The molecule has 2 atom stereocenters. The van der Waals surface area contributed by atoms with Gasteiger partial charge in [0.2, 0.25) is 11.8 Å². The van der Waals surface area contributed by atoms with Crippen LogP contribution in [0.25, 0.3) is 0 Å². The van der Waals surface area contributed by atoms with E-state index in [1.807, 2.05) is 31.2 Å². The fraction of sp³-hybridized carbons (Fsp3) is 0.643. The van der Waals surface area contributed by atoms with E-state index in [2.05, 4.69) is 30.2 Å². The molecule has 0 aliphatic heterocycles. The number of thiol groups is 1. The second-order valence-electron chi connectivity index (χ2n) is 9.96. The van der Waals surface area contributed by atoms with Gasteiger partial charge in [0, 0.05) is 18.8 Å². The molecule has 0 saturated heterocycles. The number of rotatable bonds is 15. The summed E-state index contributed by atoms with van der Waals surface area (Å²) in [5, 5.41) is 5.40. The first-order valence-corrected chi connectivity index (χ1v) is 14.0. The van der Waals surface area contributed by atoms with Crippen LogP contribution in [0.5, 0.6) is 0 Å². The number of aryl methyl sites for hydroxylation is 1. The predicted molar refractivity (Wildman–Crippen MR) is 151 cm³/mol. The molecular formula is C28H45N3O6S. The summed E-state index contributed by atoms with van der Waals surface area (Å²) in [6.45, 7) is 11.6. The summed E-state index contributed by atoms with van der Waals surface area (Å²) in [5.74, 6) is -1.25. The molecule has 0 fully saturated rings. The zero-order chi connectivity index (χ0) is 28.7. The van der Waals surface area contributed by atoms with Crippen molar-refractivity contribution in [3.63, 3.8) is 0 Å². The van der Waals surface area contributed by atoms with Gasteiger partial charge in [-0.25, -0.2) is 4.79 Å². The van der Waals surface area contributed by atoms with Crippen molar-refractivity contribution < 1.29 is 28.7 Å². The van der Waals surface area contributed by atoms with Crippen molar-refractivity contribution in [1.82, 2.24) is 15.5 Å². The Balaban J connectivity index is 3.33. The van der Waals surface area contributed by atoms with Gasteiger partial charge in [0.05, 0.1) is 13.0 Å². The summed E-state index contributed by atoms with van der Waals surface area (Å²) in [7, 11) is 0. The van der Waals surface area contributed by atoms with E-state index in [1.165, 1.54) is 4.90 Å². The predicted octanol–water partition coefficient (Wildman–Crippen LogP) is 4.20. The fourth-order valence-electron chi connectivity index (χ4n) is 3.76. The second-order valence-corrected chi connectivity index (χ2v) is 10.3. The van der Waals surface area contributed by atoms with Gasteiger partial charge in [0.1, 0.15) is 17.7 Å². The van der Waals surface area contributed by atoms with Crippen LogP contribution in [0, 0.1) is 0 Å². The van der Waals surface area contributed by atoms with Crippen LogP contribution in [-0.2, 0) is 30.3 Å². The van der Waals surface area contributed by atoms with E-state index < -0.39 is 41.6 Å². The number of hydrogen-bond acceptors (Lipinski definition) is 7. The van der Waals surface area contributed by atoms with Gasteiger partial charge in [0.15, 0.2) is 0 Å². The molecule has 1 aromatic carbocycles. The molecule has 214 valence electrons. The Morgan fingerprint density at radius 2 is 1.68 bits per heavy atom. The van der Waals surface area contributed by atoms with Crippen LogP contribution >= 0.6 is 12.6 Å². The number of alkyl carbamates (subject to hydrolysis) is 1. The van der Waals surface area contributed by atoms with Gasteiger partial charge in [0.25, 0.3) is 0 Å². The van der Waals surface area contributed by atoms with Crippen LogP contribution in [0.2, 0.25) is 0 Å². The molecule has 0 heterocycles. The number of nitrogens with zero attached hydrogens (tertiary/aromatic N) is 1. The average Bonchev–Trinajstić information content (AvgIpc) is 2.85. The molecule has 0 aliphatic rings. The van der Waals surface area contributed by atoms with Gasteiger partial charge in [-0.1, -0.05) is 51.0 Å². The van der Waals surface area contributed by atoms with Crippen LogP contribution in [0.4, 0.5) is 4.79 Å². The summed E-state index contributed by atoms with van der Waals surface area (Å²) >= 11 is 4.31. The molecule has 1 rings (SSSR count). The van der Waals surface area contributed by atoms with Crippen molar-refractivity contribution in [2.75, 3.05) is 25.4 Å². The van der Waals surface area contributed by atoms with Crippen molar-refractivity contribution in [2.24, 2.45) is 0 Å². The average molecular weight is 552 g/mol. The lowest BCUT2D eigenvalue weighted by Crippen LogP contribution is -2.54. The fourth-order valence-corrected chi connectivity index (χ4v) is 4.01. The number of esters is 1. The molecular weight excluding hydrogens is 506 g/mol. The van der Waals surface area contributed by atoms with Crippen molar-refractivity contribution in [2.45, 2.75) is 91.3 Å². The Morgan fingerprint density at radius 3 is 2.21 bits per heavy atom. The van der Waals surface area contributed by atoms with Gasteiger partial charge in [-0.3, -0.25) is 14.4 Å². The Bertz CT molecular complexity index is 901. The van der Waals surface area contributed by atoms with Crippen molar-refractivity contribution in [3.05, 3.63) is 35.4 Å². The van der Waals surface area contributed by atoms with E-state index >= 15 is 0 Å². The Morgan fingerprint density at radius 1 is 1.03 bits per heavy atom. The molecule has 9 nitrogen and oxygen atoms in total. The molecule has 3 amide bonds. The van der Waals surface area contributed by atoms with Crippen LogP contribution in [0.3, 0.4) is 0 Å². The van der Waals surface area contributed by atoms with Gasteiger partial charge in [-0.2, -0.15) is 12.6 Å². The van der Waals surface area contributed by atoms with Gasteiger partial charge < -0.3 is 25.0 Å². The van der Waals surface area contributed by atoms with E-state index in [-0.39, 0.29) is 25.3 Å². The first-order valence-electron chi connectivity index (χ1n) is 13.4. The summed E-state index contributed by atoms with van der Waals surface area (Å²) in [5.41, 5.74) is 0.993. The number of carbonyl (C=O) groups is 4. The van der Waals surface area contributed by atoms with E-state index in [4.69, 9.17) is 9.47 Å². The summed E-state index contributed by atoms with van der Waals surface area (Å²) in [4.78, 5) is 53.1. The minimum absolute atomic E-state index is 0.0182. The summed E-state index contributed by atoms with van der Waals surface area (Å²) < 4.78 is 10.3. The Kier molecular flexibility index (Phi) is 14.9. The quantitative estimate of drug-likeness (QED) is 0.171.